The topological polar surface area (TPSA) is 40.5 Å². The molecule has 0 aliphatic heterocycles. The van der Waals surface area contributed by atoms with Crippen LogP contribution in [-0.4, -0.2) is 10.2 Å². The third-order valence-electron chi connectivity index (χ3n) is 6.72. The van der Waals surface area contributed by atoms with Crippen molar-refractivity contribution in [2.45, 2.75) is 79.1 Å². The standard InChI is InChI=1S/C26H36O2/c1-16-12-19(4)25(27)22(14-16)24(21-11-9-7-6-8-10-18(21)3)23-15-17(2)13-20(5)26(23)28/h12-15,18,21,24,27-28H,6-11H2,1-5H3. The predicted molar refractivity (Wildman–Crippen MR) is 117 cm³/mol. The van der Waals surface area contributed by atoms with Crippen LogP contribution in [0.1, 0.15) is 84.7 Å². The zero-order valence-electron chi connectivity index (χ0n) is 18.2. The predicted octanol–water partition coefficient (Wildman–Crippen LogP) is 7.07. The molecule has 2 atom stereocenters. The Labute approximate surface area is 170 Å². The van der Waals surface area contributed by atoms with Crippen molar-refractivity contribution >= 4 is 0 Å². The third-order valence-corrected chi connectivity index (χ3v) is 6.72. The van der Waals surface area contributed by atoms with E-state index in [1.54, 1.807) is 0 Å². The van der Waals surface area contributed by atoms with Gasteiger partial charge in [-0.05, 0) is 57.1 Å². The molecule has 152 valence electrons. The van der Waals surface area contributed by atoms with Gasteiger partial charge in [-0.2, -0.15) is 0 Å². The molecule has 2 heteroatoms. The highest BCUT2D eigenvalue weighted by molar-refractivity contribution is 5.53. The van der Waals surface area contributed by atoms with Gasteiger partial charge in [-0.1, -0.05) is 74.4 Å². The first-order chi connectivity index (χ1) is 13.3. The third kappa shape index (κ3) is 4.21. The maximum atomic E-state index is 11.0. The van der Waals surface area contributed by atoms with E-state index in [2.05, 4.69) is 32.9 Å². The molecule has 2 aromatic carbocycles. The van der Waals surface area contributed by atoms with Crippen molar-refractivity contribution in [2.24, 2.45) is 11.8 Å². The zero-order valence-corrected chi connectivity index (χ0v) is 18.2. The summed E-state index contributed by atoms with van der Waals surface area (Å²) >= 11 is 0. The molecule has 0 aromatic heterocycles. The van der Waals surface area contributed by atoms with Crippen LogP contribution in [0.5, 0.6) is 11.5 Å². The fourth-order valence-electron chi connectivity index (χ4n) is 5.28. The van der Waals surface area contributed by atoms with Gasteiger partial charge in [-0.3, -0.25) is 0 Å². The Balaban J connectivity index is 2.23. The molecule has 0 amide bonds. The second-order valence-electron chi connectivity index (χ2n) is 9.15. The average Bonchev–Trinajstić information content (AvgIpc) is 2.61. The molecule has 0 saturated heterocycles. The summed E-state index contributed by atoms with van der Waals surface area (Å²) in [7, 11) is 0. The van der Waals surface area contributed by atoms with Crippen molar-refractivity contribution in [1.29, 1.82) is 0 Å². The number of hydrogen-bond donors (Lipinski definition) is 2. The molecule has 1 fully saturated rings. The monoisotopic (exact) mass is 380 g/mol. The van der Waals surface area contributed by atoms with Crippen LogP contribution in [0.25, 0.3) is 0 Å². The lowest BCUT2D eigenvalue weighted by Gasteiger charge is -2.35. The highest BCUT2D eigenvalue weighted by Gasteiger charge is 2.34. The summed E-state index contributed by atoms with van der Waals surface area (Å²) in [5.74, 6) is 1.78. The van der Waals surface area contributed by atoms with E-state index in [0.717, 1.165) is 39.8 Å². The van der Waals surface area contributed by atoms with Crippen LogP contribution >= 0.6 is 0 Å². The van der Waals surface area contributed by atoms with E-state index in [1.165, 1.54) is 32.1 Å². The second kappa shape index (κ2) is 8.59. The maximum absolute atomic E-state index is 11.0. The minimum absolute atomic E-state index is 0.0188. The molecule has 0 heterocycles. The van der Waals surface area contributed by atoms with Crippen molar-refractivity contribution < 1.29 is 10.2 Å². The van der Waals surface area contributed by atoms with Crippen LogP contribution in [-0.2, 0) is 0 Å². The zero-order chi connectivity index (χ0) is 20.4. The molecule has 3 rings (SSSR count). The first-order valence-electron chi connectivity index (χ1n) is 10.9. The van der Waals surface area contributed by atoms with Crippen LogP contribution in [0.4, 0.5) is 0 Å². The normalized spacial score (nSPS) is 20.8. The van der Waals surface area contributed by atoms with Gasteiger partial charge < -0.3 is 10.2 Å². The summed E-state index contributed by atoms with van der Waals surface area (Å²) in [4.78, 5) is 0. The molecular weight excluding hydrogens is 344 g/mol. The molecule has 0 radical (unpaired) electrons. The minimum atomic E-state index is 0.0188. The van der Waals surface area contributed by atoms with Crippen molar-refractivity contribution in [2.75, 3.05) is 0 Å². The molecule has 28 heavy (non-hydrogen) atoms. The number of hydrogen-bond acceptors (Lipinski definition) is 2. The van der Waals surface area contributed by atoms with E-state index in [-0.39, 0.29) is 5.92 Å². The lowest BCUT2D eigenvalue weighted by atomic mass is 9.69. The smallest absolute Gasteiger partial charge is 0.122 e. The van der Waals surface area contributed by atoms with E-state index in [4.69, 9.17) is 0 Å². The van der Waals surface area contributed by atoms with Gasteiger partial charge in [0.05, 0.1) is 0 Å². The molecule has 1 aliphatic rings. The van der Waals surface area contributed by atoms with E-state index < -0.39 is 0 Å². The summed E-state index contributed by atoms with van der Waals surface area (Å²) in [5.41, 5.74) is 6.13. The number of aromatic hydroxyl groups is 2. The van der Waals surface area contributed by atoms with Crippen molar-refractivity contribution in [1.82, 2.24) is 0 Å². The van der Waals surface area contributed by atoms with Gasteiger partial charge in [-0.25, -0.2) is 0 Å². The largest absolute Gasteiger partial charge is 0.507 e. The fraction of sp³-hybridized carbons (Fsp3) is 0.538. The van der Waals surface area contributed by atoms with Crippen LogP contribution in [0.2, 0.25) is 0 Å². The molecule has 1 aliphatic carbocycles. The van der Waals surface area contributed by atoms with Crippen LogP contribution < -0.4 is 0 Å². The molecule has 2 unspecified atom stereocenters. The Bertz CT molecular complexity index is 779. The number of rotatable bonds is 3. The molecule has 1 saturated carbocycles. The SMILES string of the molecule is Cc1cc(C)c(O)c(C(c2cc(C)cc(C)c2O)C2CCCCCCC2C)c1. The van der Waals surface area contributed by atoms with Crippen molar-refractivity contribution in [3.63, 3.8) is 0 Å². The van der Waals surface area contributed by atoms with Crippen LogP contribution in [0.3, 0.4) is 0 Å². The summed E-state index contributed by atoms with van der Waals surface area (Å²) in [6.45, 7) is 10.5. The van der Waals surface area contributed by atoms with E-state index in [9.17, 15) is 10.2 Å². The van der Waals surface area contributed by atoms with Gasteiger partial charge >= 0.3 is 0 Å². The summed E-state index contributed by atoms with van der Waals surface area (Å²) in [6, 6.07) is 8.35. The highest BCUT2D eigenvalue weighted by atomic mass is 16.3. The second-order valence-corrected chi connectivity index (χ2v) is 9.15. The van der Waals surface area contributed by atoms with Crippen molar-refractivity contribution in [3.05, 3.63) is 57.6 Å². The lowest BCUT2D eigenvalue weighted by molar-refractivity contribution is 0.250. The van der Waals surface area contributed by atoms with E-state index >= 15 is 0 Å². The first-order valence-corrected chi connectivity index (χ1v) is 10.9. The van der Waals surface area contributed by atoms with E-state index in [1.807, 2.05) is 26.0 Å². The van der Waals surface area contributed by atoms with Gasteiger partial charge in [0.15, 0.2) is 0 Å². The number of phenols is 2. The summed E-state index contributed by atoms with van der Waals surface area (Å²) in [6.07, 6.45) is 7.48. The van der Waals surface area contributed by atoms with Crippen LogP contribution in [0.15, 0.2) is 24.3 Å². The fourth-order valence-corrected chi connectivity index (χ4v) is 5.28. The molecule has 0 bridgehead atoms. The van der Waals surface area contributed by atoms with Gasteiger partial charge in [0.2, 0.25) is 0 Å². The lowest BCUT2D eigenvalue weighted by Crippen LogP contribution is -2.23. The molecular formula is C26H36O2. The first kappa shape index (κ1) is 20.8. The Hall–Kier alpha value is -1.96. The highest BCUT2D eigenvalue weighted by Crippen LogP contribution is 2.48. The number of aryl methyl sites for hydroxylation is 4. The van der Waals surface area contributed by atoms with Gasteiger partial charge in [-0.15, -0.1) is 0 Å². The number of phenolic OH excluding ortho intramolecular Hbond substituents is 2. The minimum Gasteiger partial charge on any atom is -0.507 e. The summed E-state index contributed by atoms with van der Waals surface area (Å²) in [5, 5.41) is 22.1. The Morgan fingerprint density at radius 3 is 1.68 bits per heavy atom. The van der Waals surface area contributed by atoms with Crippen molar-refractivity contribution in [3.8, 4) is 11.5 Å². The average molecular weight is 381 g/mol. The molecule has 2 N–H and O–H groups in total. The Kier molecular flexibility index (Phi) is 6.37. The van der Waals surface area contributed by atoms with Gasteiger partial charge in [0.1, 0.15) is 11.5 Å². The van der Waals surface area contributed by atoms with Gasteiger partial charge in [0.25, 0.3) is 0 Å². The molecule has 0 spiro atoms. The molecule has 2 nitrogen and oxygen atoms in total. The van der Waals surface area contributed by atoms with Crippen LogP contribution in [0, 0.1) is 39.5 Å². The maximum Gasteiger partial charge on any atom is 0.122 e. The quantitative estimate of drug-likeness (QED) is 0.598. The summed E-state index contributed by atoms with van der Waals surface area (Å²) < 4.78 is 0. The Morgan fingerprint density at radius 1 is 0.714 bits per heavy atom. The Morgan fingerprint density at radius 2 is 1.18 bits per heavy atom. The molecule has 2 aromatic rings. The number of benzene rings is 2. The van der Waals surface area contributed by atoms with E-state index in [0.29, 0.717) is 23.3 Å². The van der Waals surface area contributed by atoms with Gasteiger partial charge in [0, 0.05) is 17.0 Å².